The summed E-state index contributed by atoms with van der Waals surface area (Å²) in [7, 11) is 0. The third kappa shape index (κ3) is 3.06. The lowest BCUT2D eigenvalue weighted by Crippen LogP contribution is -2.35. The minimum absolute atomic E-state index is 0.000420. The Morgan fingerprint density at radius 3 is 2.31 bits per heavy atom. The number of esters is 1. The SMILES string of the molecule is O=C(Nc1ccc(F)cc1)c1ccc(NC(=O)[C@@H]2[C@@H]3C[C@@H]4[C@@H]2C(=O)O[C@@H]4C3)cc1. The first-order chi connectivity index (χ1) is 14.0. The van der Waals surface area contributed by atoms with Crippen molar-refractivity contribution in [2.45, 2.75) is 18.9 Å². The zero-order chi connectivity index (χ0) is 20.1. The van der Waals surface area contributed by atoms with Crippen molar-refractivity contribution < 1.29 is 23.5 Å². The highest BCUT2D eigenvalue weighted by Gasteiger charge is 2.63. The van der Waals surface area contributed by atoms with E-state index in [0.29, 0.717) is 16.9 Å². The number of ether oxygens (including phenoxy) is 1. The van der Waals surface area contributed by atoms with Crippen molar-refractivity contribution >= 4 is 29.2 Å². The number of halogens is 1. The molecule has 0 radical (unpaired) electrons. The van der Waals surface area contributed by atoms with Gasteiger partial charge in [-0.25, -0.2) is 4.39 Å². The monoisotopic (exact) mass is 394 g/mol. The molecular formula is C22H19FN2O4. The van der Waals surface area contributed by atoms with Gasteiger partial charge in [-0.15, -0.1) is 0 Å². The normalized spacial score (nSPS) is 28.9. The summed E-state index contributed by atoms with van der Waals surface area (Å²) in [6.07, 6.45) is 1.65. The van der Waals surface area contributed by atoms with E-state index in [1.54, 1.807) is 24.3 Å². The van der Waals surface area contributed by atoms with Crippen LogP contribution in [-0.2, 0) is 14.3 Å². The van der Waals surface area contributed by atoms with E-state index in [1.165, 1.54) is 24.3 Å². The highest BCUT2D eigenvalue weighted by atomic mass is 19.1. The lowest BCUT2D eigenvalue weighted by molar-refractivity contribution is -0.145. The van der Waals surface area contributed by atoms with Crippen molar-refractivity contribution in [3.05, 3.63) is 59.9 Å². The van der Waals surface area contributed by atoms with Gasteiger partial charge in [0.2, 0.25) is 5.91 Å². The minimum atomic E-state index is -0.375. The third-order valence-electron chi connectivity index (χ3n) is 6.30. The number of hydrogen-bond donors (Lipinski definition) is 2. The average molecular weight is 394 g/mol. The zero-order valence-electron chi connectivity index (χ0n) is 15.4. The standard InChI is InChI=1S/C22H19FN2O4/c23-13-3-7-15(8-4-13)24-20(26)11-1-5-14(6-2-11)25-21(27)18-12-9-16-17(10-12)29-22(28)19(16)18/h1-8,12,16-19H,9-10H2,(H,24,26)(H,25,27)/t12-,16+,17-,18-,19+/m1/s1. The van der Waals surface area contributed by atoms with E-state index in [2.05, 4.69) is 10.6 Å². The zero-order valence-corrected chi connectivity index (χ0v) is 15.4. The molecule has 3 fully saturated rings. The first-order valence-corrected chi connectivity index (χ1v) is 9.68. The van der Waals surface area contributed by atoms with Crippen LogP contribution in [0.15, 0.2) is 48.5 Å². The van der Waals surface area contributed by atoms with Gasteiger partial charge in [0.05, 0.1) is 11.8 Å². The fraction of sp³-hybridized carbons (Fsp3) is 0.318. The van der Waals surface area contributed by atoms with Crippen LogP contribution in [0.2, 0.25) is 0 Å². The molecule has 2 aromatic carbocycles. The smallest absolute Gasteiger partial charge is 0.310 e. The van der Waals surface area contributed by atoms with Gasteiger partial charge in [0, 0.05) is 22.9 Å². The van der Waals surface area contributed by atoms with Crippen LogP contribution in [0.1, 0.15) is 23.2 Å². The molecule has 2 aliphatic carbocycles. The lowest BCUT2D eigenvalue weighted by atomic mass is 9.79. The third-order valence-corrected chi connectivity index (χ3v) is 6.30. The fourth-order valence-electron chi connectivity index (χ4n) is 5.03. The molecule has 29 heavy (non-hydrogen) atoms. The van der Waals surface area contributed by atoms with Crippen LogP contribution in [0.3, 0.4) is 0 Å². The lowest BCUT2D eigenvalue weighted by Gasteiger charge is -2.23. The van der Waals surface area contributed by atoms with Crippen molar-refractivity contribution in [1.82, 2.24) is 0 Å². The van der Waals surface area contributed by atoms with Crippen LogP contribution in [0, 0.1) is 29.5 Å². The summed E-state index contributed by atoms with van der Waals surface area (Å²) in [4.78, 5) is 37.2. The predicted octanol–water partition coefficient (Wildman–Crippen LogP) is 3.21. The van der Waals surface area contributed by atoms with Gasteiger partial charge in [-0.3, -0.25) is 14.4 Å². The molecule has 5 atom stereocenters. The number of carbonyl (C=O) groups excluding carboxylic acids is 3. The second-order valence-corrected chi connectivity index (χ2v) is 7.95. The van der Waals surface area contributed by atoms with E-state index in [9.17, 15) is 18.8 Å². The summed E-state index contributed by atoms with van der Waals surface area (Å²) in [6.45, 7) is 0. The van der Waals surface area contributed by atoms with Crippen LogP contribution in [0.5, 0.6) is 0 Å². The van der Waals surface area contributed by atoms with E-state index in [4.69, 9.17) is 4.74 Å². The molecule has 0 unspecified atom stereocenters. The van der Waals surface area contributed by atoms with Gasteiger partial charge in [-0.05, 0) is 67.3 Å². The number of hydrogen-bond acceptors (Lipinski definition) is 4. The van der Waals surface area contributed by atoms with Crippen molar-refractivity contribution in [3.8, 4) is 0 Å². The largest absolute Gasteiger partial charge is 0.462 e. The number of carbonyl (C=O) groups is 3. The number of nitrogens with one attached hydrogen (secondary N) is 2. The summed E-state index contributed by atoms with van der Waals surface area (Å²) in [5.41, 5.74) is 1.47. The molecule has 3 aliphatic rings. The van der Waals surface area contributed by atoms with Crippen LogP contribution >= 0.6 is 0 Å². The molecule has 2 bridgehead atoms. The number of rotatable bonds is 4. The Morgan fingerprint density at radius 2 is 1.59 bits per heavy atom. The Kier molecular flexibility index (Phi) is 4.12. The summed E-state index contributed by atoms with van der Waals surface area (Å²) in [5, 5.41) is 5.56. The van der Waals surface area contributed by atoms with Gasteiger partial charge in [0.1, 0.15) is 11.9 Å². The van der Waals surface area contributed by atoms with Crippen LogP contribution in [-0.4, -0.2) is 23.9 Å². The molecule has 2 saturated carbocycles. The number of benzene rings is 2. The fourth-order valence-corrected chi connectivity index (χ4v) is 5.03. The molecule has 0 spiro atoms. The molecule has 1 aliphatic heterocycles. The second-order valence-electron chi connectivity index (χ2n) is 7.95. The van der Waals surface area contributed by atoms with Crippen LogP contribution in [0.25, 0.3) is 0 Å². The van der Waals surface area contributed by atoms with Gasteiger partial charge in [0.15, 0.2) is 0 Å². The number of amides is 2. The molecule has 6 nitrogen and oxygen atoms in total. The van der Waals surface area contributed by atoms with Gasteiger partial charge in [0.25, 0.3) is 5.91 Å². The Labute approximate surface area is 166 Å². The first kappa shape index (κ1) is 17.8. The van der Waals surface area contributed by atoms with Crippen molar-refractivity contribution in [2.24, 2.45) is 23.7 Å². The topological polar surface area (TPSA) is 84.5 Å². The summed E-state index contributed by atoms with van der Waals surface area (Å²) in [5.74, 6) is -1.39. The van der Waals surface area contributed by atoms with Crippen LogP contribution in [0.4, 0.5) is 15.8 Å². The van der Waals surface area contributed by atoms with Crippen LogP contribution < -0.4 is 10.6 Å². The van der Waals surface area contributed by atoms with E-state index in [0.717, 1.165) is 12.8 Å². The Morgan fingerprint density at radius 1 is 0.931 bits per heavy atom. The molecule has 2 amide bonds. The first-order valence-electron chi connectivity index (χ1n) is 9.68. The maximum Gasteiger partial charge on any atom is 0.310 e. The molecule has 1 heterocycles. The van der Waals surface area contributed by atoms with E-state index in [1.807, 2.05) is 0 Å². The maximum atomic E-state index is 13.0. The minimum Gasteiger partial charge on any atom is -0.462 e. The number of fused-ring (bicyclic) bond motifs is 1. The van der Waals surface area contributed by atoms with Gasteiger partial charge >= 0.3 is 5.97 Å². The number of anilines is 2. The highest BCUT2D eigenvalue weighted by molar-refractivity contribution is 6.04. The van der Waals surface area contributed by atoms with E-state index >= 15 is 0 Å². The molecule has 5 rings (SSSR count). The van der Waals surface area contributed by atoms with E-state index < -0.39 is 0 Å². The summed E-state index contributed by atoms with van der Waals surface area (Å²) >= 11 is 0. The molecule has 7 heteroatoms. The Balaban J connectivity index is 1.24. The average Bonchev–Trinajstić information content (AvgIpc) is 3.33. The maximum absolute atomic E-state index is 13.0. The molecule has 2 N–H and O–H groups in total. The van der Waals surface area contributed by atoms with Gasteiger partial charge in [-0.1, -0.05) is 0 Å². The molecule has 148 valence electrons. The van der Waals surface area contributed by atoms with Crippen molar-refractivity contribution in [1.29, 1.82) is 0 Å². The highest BCUT2D eigenvalue weighted by Crippen LogP contribution is 2.57. The predicted molar refractivity (Wildman–Crippen MR) is 102 cm³/mol. The van der Waals surface area contributed by atoms with Gasteiger partial charge in [-0.2, -0.15) is 0 Å². The quantitative estimate of drug-likeness (QED) is 0.780. The Bertz CT molecular complexity index is 987. The molecule has 0 aromatic heterocycles. The second kappa shape index (κ2) is 6.69. The molecule has 2 aromatic rings. The summed E-state index contributed by atoms with van der Waals surface area (Å²) < 4.78 is 18.3. The van der Waals surface area contributed by atoms with Gasteiger partial charge < -0.3 is 15.4 Å². The molecular weight excluding hydrogens is 375 g/mol. The summed E-state index contributed by atoms with van der Waals surface area (Å²) in [6, 6.07) is 12.0. The Hall–Kier alpha value is -3.22. The van der Waals surface area contributed by atoms with E-state index in [-0.39, 0.29) is 53.4 Å². The molecule has 1 saturated heterocycles. The van der Waals surface area contributed by atoms with Crippen molar-refractivity contribution in [2.75, 3.05) is 10.6 Å². The van der Waals surface area contributed by atoms with Crippen molar-refractivity contribution in [3.63, 3.8) is 0 Å².